The maximum absolute atomic E-state index is 13.6. The van der Waals surface area contributed by atoms with Gasteiger partial charge in [0, 0.05) is 26.2 Å². The SMILES string of the molecule is Cc1cccc2sc(N3CCN(C(=O)C(c4ccccc4)c4ccccc4)CC3)nc12. The highest BCUT2D eigenvalue weighted by atomic mass is 32.1. The van der Waals surface area contributed by atoms with Crippen molar-refractivity contribution in [2.75, 3.05) is 31.1 Å². The average Bonchev–Trinajstić information content (AvgIpc) is 3.27. The number of fused-ring (bicyclic) bond motifs is 1. The van der Waals surface area contributed by atoms with E-state index in [1.807, 2.05) is 41.3 Å². The fraction of sp³-hybridized carbons (Fsp3) is 0.231. The Labute approximate surface area is 186 Å². The summed E-state index contributed by atoms with van der Waals surface area (Å²) in [6.07, 6.45) is 0. The first-order valence-electron chi connectivity index (χ1n) is 10.7. The van der Waals surface area contributed by atoms with E-state index in [4.69, 9.17) is 4.98 Å². The van der Waals surface area contributed by atoms with Crippen LogP contribution >= 0.6 is 11.3 Å². The highest BCUT2D eigenvalue weighted by Gasteiger charge is 2.30. The minimum atomic E-state index is -0.265. The molecule has 0 unspecified atom stereocenters. The number of nitrogens with zero attached hydrogens (tertiary/aromatic N) is 3. The summed E-state index contributed by atoms with van der Waals surface area (Å²) in [7, 11) is 0. The molecule has 5 rings (SSSR count). The van der Waals surface area contributed by atoms with Crippen molar-refractivity contribution >= 4 is 32.6 Å². The Morgan fingerprint density at radius 2 is 1.45 bits per heavy atom. The lowest BCUT2D eigenvalue weighted by molar-refractivity contribution is -0.132. The second kappa shape index (κ2) is 8.52. The number of hydrogen-bond acceptors (Lipinski definition) is 4. The first kappa shape index (κ1) is 19.8. The van der Waals surface area contributed by atoms with Crippen LogP contribution in [0.5, 0.6) is 0 Å². The molecular formula is C26H25N3OS. The van der Waals surface area contributed by atoms with Crippen molar-refractivity contribution in [1.82, 2.24) is 9.88 Å². The van der Waals surface area contributed by atoms with Crippen LogP contribution in [0.15, 0.2) is 78.9 Å². The quantitative estimate of drug-likeness (QED) is 0.455. The molecule has 2 heterocycles. The van der Waals surface area contributed by atoms with Crippen molar-refractivity contribution in [3.05, 3.63) is 95.6 Å². The molecule has 4 nitrogen and oxygen atoms in total. The normalized spacial score (nSPS) is 14.4. The molecule has 1 fully saturated rings. The molecule has 1 aliphatic rings. The first-order chi connectivity index (χ1) is 15.2. The van der Waals surface area contributed by atoms with Crippen molar-refractivity contribution in [3.8, 4) is 0 Å². The summed E-state index contributed by atoms with van der Waals surface area (Å²) in [6, 6.07) is 26.5. The summed E-state index contributed by atoms with van der Waals surface area (Å²) in [6.45, 7) is 5.14. The Bertz CT molecular complexity index is 1140. The van der Waals surface area contributed by atoms with E-state index in [1.54, 1.807) is 11.3 Å². The number of aryl methyl sites for hydroxylation is 1. The second-order valence-corrected chi connectivity index (χ2v) is 8.99. The van der Waals surface area contributed by atoms with E-state index in [-0.39, 0.29) is 11.8 Å². The van der Waals surface area contributed by atoms with E-state index in [2.05, 4.69) is 54.3 Å². The van der Waals surface area contributed by atoms with Gasteiger partial charge in [-0.2, -0.15) is 0 Å². The van der Waals surface area contributed by atoms with Gasteiger partial charge >= 0.3 is 0 Å². The van der Waals surface area contributed by atoms with Gasteiger partial charge in [-0.1, -0.05) is 84.1 Å². The third kappa shape index (κ3) is 3.93. The zero-order valence-corrected chi connectivity index (χ0v) is 18.4. The fourth-order valence-corrected chi connectivity index (χ4v) is 5.37. The Kier molecular flexibility index (Phi) is 5.43. The molecule has 3 aromatic carbocycles. The lowest BCUT2D eigenvalue weighted by Crippen LogP contribution is -2.50. The average molecular weight is 428 g/mol. The van der Waals surface area contributed by atoms with Crippen LogP contribution in [0.3, 0.4) is 0 Å². The number of thiazole rings is 1. The van der Waals surface area contributed by atoms with E-state index in [1.165, 1.54) is 10.3 Å². The first-order valence-corrected chi connectivity index (χ1v) is 11.5. The third-order valence-electron chi connectivity index (χ3n) is 5.98. The number of anilines is 1. The largest absolute Gasteiger partial charge is 0.345 e. The molecule has 5 heteroatoms. The monoisotopic (exact) mass is 427 g/mol. The van der Waals surface area contributed by atoms with Gasteiger partial charge in [0.2, 0.25) is 5.91 Å². The van der Waals surface area contributed by atoms with Crippen LogP contribution in [0.1, 0.15) is 22.6 Å². The van der Waals surface area contributed by atoms with Crippen LogP contribution in [0.4, 0.5) is 5.13 Å². The molecule has 156 valence electrons. The predicted molar refractivity (Wildman–Crippen MR) is 128 cm³/mol. The summed E-state index contributed by atoms with van der Waals surface area (Å²) in [5.41, 5.74) is 4.39. The highest BCUT2D eigenvalue weighted by molar-refractivity contribution is 7.22. The molecular weight excluding hydrogens is 402 g/mol. The van der Waals surface area contributed by atoms with Crippen LogP contribution in [0.25, 0.3) is 10.2 Å². The minimum Gasteiger partial charge on any atom is -0.345 e. The van der Waals surface area contributed by atoms with Crippen LogP contribution < -0.4 is 4.90 Å². The molecule has 1 amide bonds. The number of carbonyl (C=O) groups excluding carboxylic acids is 1. The van der Waals surface area contributed by atoms with Crippen molar-refractivity contribution in [1.29, 1.82) is 0 Å². The van der Waals surface area contributed by atoms with Gasteiger partial charge in [-0.15, -0.1) is 0 Å². The molecule has 0 N–H and O–H groups in total. The van der Waals surface area contributed by atoms with E-state index >= 15 is 0 Å². The fourth-order valence-electron chi connectivity index (χ4n) is 4.28. The van der Waals surface area contributed by atoms with Gasteiger partial charge in [-0.05, 0) is 29.7 Å². The van der Waals surface area contributed by atoms with E-state index < -0.39 is 0 Å². The van der Waals surface area contributed by atoms with Gasteiger partial charge < -0.3 is 9.80 Å². The lowest BCUT2D eigenvalue weighted by atomic mass is 9.90. The molecule has 0 atom stereocenters. The molecule has 1 aromatic heterocycles. The minimum absolute atomic E-state index is 0.178. The third-order valence-corrected chi connectivity index (χ3v) is 7.07. The molecule has 0 saturated carbocycles. The molecule has 0 radical (unpaired) electrons. The van der Waals surface area contributed by atoms with Crippen LogP contribution in [0.2, 0.25) is 0 Å². The Hall–Kier alpha value is -3.18. The summed E-state index contributed by atoms with van der Waals surface area (Å²) in [5.74, 6) is -0.0868. The van der Waals surface area contributed by atoms with Crippen molar-refractivity contribution in [2.24, 2.45) is 0 Å². The van der Waals surface area contributed by atoms with Crippen LogP contribution in [-0.2, 0) is 4.79 Å². The maximum atomic E-state index is 13.6. The standard InChI is InChI=1S/C26H25N3OS/c1-19-9-8-14-22-24(19)27-26(31-22)29-17-15-28(16-18-29)25(30)23(20-10-4-2-5-11-20)21-12-6-3-7-13-21/h2-14,23H,15-18H2,1H3. The molecule has 4 aromatic rings. The summed E-state index contributed by atoms with van der Waals surface area (Å²) >= 11 is 1.74. The van der Waals surface area contributed by atoms with Crippen molar-refractivity contribution < 1.29 is 4.79 Å². The number of amides is 1. The second-order valence-electron chi connectivity index (χ2n) is 7.98. The molecule has 1 aliphatic heterocycles. The number of benzene rings is 3. The number of carbonyl (C=O) groups is 1. The highest BCUT2D eigenvalue weighted by Crippen LogP contribution is 2.32. The molecule has 0 bridgehead atoms. The maximum Gasteiger partial charge on any atom is 0.234 e. The lowest BCUT2D eigenvalue weighted by Gasteiger charge is -2.36. The van der Waals surface area contributed by atoms with E-state index in [0.29, 0.717) is 13.1 Å². The van der Waals surface area contributed by atoms with Gasteiger partial charge in [0.25, 0.3) is 0 Å². The van der Waals surface area contributed by atoms with Gasteiger partial charge in [0.1, 0.15) is 0 Å². The van der Waals surface area contributed by atoms with Crippen LogP contribution in [-0.4, -0.2) is 42.0 Å². The van der Waals surface area contributed by atoms with Gasteiger partial charge in [-0.3, -0.25) is 4.79 Å². The van der Waals surface area contributed by atoms with Crippen LogP contribution in [0, 0.1) is 6.92 Å². The smallest absolute Gasteiger partial charge is 0.234 e. The zero-order valence-electron chi connectivity index (χ0n) is 17.6. The Morgan fingerprint density at radius 3 is 2.03 bits per heavy atom. The van der Waals surface area contributed by atoms with E-state index in [9.17, 15) is 4.79 Å². The Balaban J connectivity index is 1.35. The molecule has 0 aliphatic carbocycles. The zero-order chi connectivity index (χ0) is 21.2. The number of para-hydroxylation sites is 1. The number of rotatable bonds is 4. The molecule has 0 spiro atoms. The van der Waals surface area contributed by atoms with Crippen molar-refractivity contribution in [2.45, 2.75) is 12.8 Å². The number of aromatic nitrogens is 1. The Morgan fingerprint density at radius 1 is 0.839 bits per heavy atom. The predicted octanol–water partition coefficient (Wildman–Crippen LogP) is 5.09. The van der Waals surface area contributed by atoms with Gasteiger partial charge in [-0.25, -0.2) is 4.98 Å². The molecule has 1 saturated heterocycles. The number of hydrogen-bond donors (Lipinski definition) is 0. The summed E-state index contributed by atoms with van der Waals surface area (Å²) < 4.78 is 1.22. The van der Waals surface area contributed by atoms with Gasteiger partial charge in [0.05, 0.1) is 16.1 Å². The molecule has 31 heavy (non-hydrogen) atoms. The summed E-state index contributed by atoms with van der Waals surface area (Å²) in [5, 5.41) is 1.05. The van der Waals surface area contributed by atoms with Crippen molar-refractivity contribution in [3.63, 3.8) is 0 Å². The van der Waals surface area contributed by atoms with Gasteiger partial charge in [0.15, 0.2) is 5.13 Å². The van der Waals surface area contributed by atoms with E-state index in [0.717, 1.165) is 34.9 Å². The summed E-state index contributed by atoms with van der Waals surface area (Å²) in [4.78, 5) is 22.8. The topological polar surface area (TPSA) is 36.4 Å². The number of piperazine rings is 1.